The molecule has 1 heterocycles. The molecule has 1 aromatic rings. The van der Waals surface area contributed by atoms with E-state index in [0.29, 0.717) is 22.1 Å². The largest absolute Gasteiger partial charge is 0.482 e. The van der Waals surface area contributed by atoms with E-state index >= 15 is 0 Å². The molecular weight excluding hydrogens is 313 g/mol. The van der Waals surface area contributed by atoms with Crippen LogP contribution in [0.15, 0.2) is 12.1 Å². The first-order valence-corrected chi connectivity index (χ1v) is 6.37. The maximum absolute atomic E-state index is 11.9. The Hall–Kier alpha value is -1.67. The number of benzene rings is 1. The molecule has 1 aliphatic rings. The number of rotatable bonds is 5. The maximum atomic E-state index is 11.9. The Morgan fingerprint density at radius 3 is 2.90 bits per heavy atom. The van der Waals surface area contributed by atoms with Crippen LogP contribution in [-0.2, 0) is 9.53 Å². The van der Waals surface area contributed by atoms with Crippen molar-refractivity contribution in [3.8, 4) is 5.75 Å². The second-order valence-corrected chi connectivity index (χ2v) is 4.67. The Labute approximate surface area is 123 Å². The van der Waals surface area contributed by atoms with E-state index in [1.54, 1.807) is 6.07 Å². The number of nitrogens with one attached hydrogen (secondary N) is 2. The molecule has 0 bridgehead atoms. The number of carbonyl (C=O) groups is 1. The fourth-order valence-corrected chi connectivity index (χ4v) is 1.91. The van der Waals surface area contributed by atoms with Gasteiger partial charge in [-0.2, -0.15) is 13.2 Å². The Balaban J connectivity index is 1.88. The third-order valence-electron chi connectivity index (χ3n) is 2.53. The molecule has 9 heteroatoms. The first-order chi connectivity index (χ1) is 9.85. The van der Waals surface area contributed by atoms with Crippen molar-refractivity contribution in [1.29, 1.82) is 0 Å². The fourth-order valence-electron chi connectivity index (χ4n) is 1.68. The van der Waals surface area contributed by atoms with Crippen molar-refractivity contribution in [1.82, 2.24) is 0 Å². The quantitative estimate of drug-likeness (QED) is 0.818. The SMILES string of the molecule is O=C1COc2cc(NCCOCC(F)(F)F)c(Cl)cc2N1. The van der Waals surface area contributed by atoms with Crippen molar-refractivity contribution >= 4 is 28.9 Å². The van der Waals surface area contributed by atoms with E-state index in [1.165, 1.54) is 6.07 Å². The molecule has 1 aromatic carbocycles. The van der Waals surface area contributed by atoms with Gasteiger partial charge in [-0.15, -0.1) is 0 Å². The summed E-state index contributed by atoms with van der Waals surface area (Å²) in [6.45, 7) is -1.35. The van der Waals surface area contributed by atoms with Crippen molar-refractivity contribution in [3.05, 3.63) is 17.2 Å². The minimum absolute atomic E-state index is 0.0945. The summed E-state index contributed by atoms with van der Waals surface area (Å²) in [5.74, 6) is 0.164. The summed E-state index contributed by atoms with van der Waals surface area (Å²) in [6, 6.07) is 3.08. The van der Waals surface area contributed by atoms with E-state index in [0.717, 1.165) is 0 Å². The van der Waals surface area contributed by atoms with Crippen LogP contribution < -0.4 is 15.4 Å². The minimum Gasteiger partial charge on any atom is -0.482 e. The van der Waals surface area contributed by atoms with Gasteiger partial charge in [0.1, 0.15) is 12.4 Å². The van der Waals surface area contributed by atoms with Crippen LogP contribution in [0.5, 0.6) is 5.75 Å². The Morgan fingerprint density at radius 1 is 1.43 bits per heavy atom. The van der Waals surface area contributed by atoms with Gasteiger partial charge in [0.25, 0.3) is 5.91 Å². The van der Waals surface area contributed by atoms with E-state index < -0.39 is 12.8 Å². The normalized spacial score (nSPS) is 14.2. The molecule has 0 fully saturated rings. The van der Waals surface area contributed by atoms with Crippen LogP contribution in [0.1, 0.15) is 0 Å². The summed E-state index contributed by atoms with van der Waals surface area (Å²) in [5, 5.41) is 5.75. The van der Waals surface area contributed by atoms with Gasteiger partial charge in [0.05, 0.1) is 23.0 Å². The molecule has 21 heavy (non-hydrogen) atoms. The summed E-state index contributed by atoms with van der Waals surface area (Å²) in [7, 11) is 0. The van der Waals surface area contributed by atoms with Crippen molar-refractivity contribution in [2.75, 3.05) is 37.0 Å². The molecule has 5 nitrogen and oxygen atoms in total. The Morgan fingerprint density at radius 2 is 2.19 bits per heavy atom. The van der Waals surface area contributed by atoms with E-state index in [1.807, 2.05) is 0 Å². The number of carbonyl (C=O) groups excluding carboxylic acids is 1. The summed E-state index contributed by atoms with van der Waals surface area (Å²) in [6.07, 6.45) is -4.34. The lowest BCUT2D eigenvalue weighted by molar-refractivity contribution is -0.172. The number of halogens is 4. The number of fused-ring (bicyclic) bond motifs is 1. The molecule has 1 aliphatic heterocycles. The second-order valence-electron chi connectivity index (χ2n) is 4.26. The molecule has 0 atom stereocenters. The number of hydrogen-bond donors (Lipinski definition) is 2. The average Bonchev–Trinajstić information content (AvgIpc) is 2.37. The van der Waals surface area contributed by atoms with E-state index in [4.69, 9.17) is 16.3 Å². The zero-order chi connectivity index (χ0) is 15.5. The standard InChI is InChI=1S/C12H12ClF3N2O3/c13-7-3-9-10(21-5-11(19)18-9)4-8(7)17-1-2-20-6-12(14,15)16/h3-4,17H,1-2,5-6H2,(H,18,19). The lowest BCUT2D eigenvalue weighted by atomic mass is 10.2. The zero-order valence-electron chi connectivity index (χ0n) is 10.7. The lowest BCUT2D eigenvalue weighted by Crippen LogP contribution is -2.25. The van der Waals surface area contributed by atoms with Crippen LogP contribution >= 0.6 is 11.6 Å². The predicted octanol–water partition coefficient (Wildman–Crippen LogP) is 2.66. The average molecular weight is 325 g/mol. The monoisotopic (exact) mass is 324 g/mol. The molecule has 116 valence electrons. The first-order valence-electron chi connectivity index (χ1n) is 6.00. The number of anilines is 2. The highest BCUT2D eigenvalue weighted by Crippen LogP contribution is 2.36. The van der Waals surface area contributed by atoms with Crippen LogP contribution in [0.3, 0.4) is 0 Å². The minimum atomic E-state index is -4.34. The Kier molecular flexibility index (Phi) is 4.79. The first kappa shape index (κ1) is 15.7. The van der Waals surface area contributed by atoms with Crippen LogP contribution in [-0.4, -0.2) is 38.4 Å². The van der Waals surface area contributed by atoms with Crippen molar-refractivity contribution in [2.45, 2.75) is 6.18 Å². The highest BCUT2D eigenvalue weighted by Gasteiger charge is 2.27. The van der Waals surface area contributed by atoms with Crippen molar-refractivity contribution in [3.63, 3.8) is 0 Å². The van der Waals surface area contributed by atoms with Crippen LogP contribution in [0.25, 0.3) is 0 Å². The van der Waals surface area contributed by atoms with E-state index in [9.17, 15) is 18.0 Å². The number of ether oxygens (including phenoxy) is 2. The molecule has 0 aliphatic carbocycles. The third kappa shape index (κ3) is 4.68. The van der Waals surface area contributed by atoms with E-state index in [-0.39, 0.29) is 25.7 Å². The summed E-state index contributed by atoms with van der Waals surface area (Å²) < 4.78 is 45.3. The number of amides is 1. The van der Waals surface area contributed by atoms with Gasteiger partial charge in [-0.25, -0.2) is 0 Å². The highest BCUT2D eigenvalue weighted by molar-refractivity contribution is 6.33. The third-order valence-corrected chi connectivity index (χ3v) is 2.84. The van der Waals surface area contributed by atoms with E-state index in [2.05, 4.69) is 15.4 Å². The van der Waals surface area contributed by atoms with Gasteiger partial charge in [-0.05, 0) is 6.07 Å². The molecular formula is C12H12ClF3N2O3. The lowest BCUT2D eigenvalue weighted by Gasteiger charge is -2.20. The van der Waals surface area contributed by atoms with Gasteiger partial charge < -0.3 is 20.1 Å². The predicted molar refractivity (Wildman–Crippen MR) is 70.9 cm³/mol. The van der Waals surface area contributed by atoms with Gasteiger partial charge in [0.2, 0.25) is 0 Å². The maximum Gasteiger partial charge on any atom is 0.411 e. The van der Waals surface area contributed by atoms with Crippen LogP contribution in [0.2, 0.25) is 5.02 Å². The smallest absolute Gasteiger partial charge is 0.411 e. The molecule has 0 saturated carbocycles. The second kappa shape index (κ2) is 6.40. The summed E-state index contributed by atoms with van der Waals surface area (Å²) in [4.78, 5) is 11.1. The van der Waals surface area contributed by atoms with Gasteiger partial charge in [0.15, 0.2) is 6.61 Å². The topological polar surface area (TPSA) is 59.6 Å². The summed E-state index contributed by atoms with van der Waals surface area (Å²) >= 11 is 6.00. The molecule has 1 amide bonds. The highest BCUT2D eigenvalue weighted by atomic mass is 35.5. The molecule has 0 saturated heterocycles. The van der Waals surface area contributed by atoms with Gasteiger partial charge in [-0.1, -0.05) is 11.6 Å². The van der Waals surface area contributed by atoms with Crippen molar-refractivity contribution < 1.29 is 27.4 Å². The van der Waals surface area contributed by atoms with Crippen LogP contribution in [0.4, 0.5) is 24.5 Å². The zero-order valence-corrected chi connectivity index (χ0v) is 11.5. The molecule has 0 radical (unpaired) electrons. The molecule has 0 unspecified atom stereocenters. The van der Waals surface area contributed by atoms with Gasteiger partial charge in [0, 0.05) is 12.6 Å². The fraction of sp³-hybridized carbons (Fsp3) is 0.417. The molecule has 0 aromatic heterocycles. The van der Waals surface area contributed by atoms with Crippen LogP contribution in [0, 0.1) is 0 Å². The van der Waals surface area contributed by atoms with Gasteiger partial charge >= 0.3 is 6.18 Å². The summed E-state index contributed by atoms with van der Waals surface area (Å²) in [5.41, 5.74) is 0.942. The van der Waals surface area contributed by atoms with Crippen molar-refractivity contribution in [2.24, 2.45) is 0 Å². The Bertz CT molecular complexity index is 537. The molecule has 2 N–H and O–H groups in total. The number of alkyl halides is 3. The molecule has 2 rings (SSSR count). The van der Waals surface area contributed by atoms with Gasteiger partial charge in [-0.3, -0.25) is 4.79 Å². The molecule has 0 spiro atoms. The number of hydrogen-bond acceptors (Lipinski definition) is 4.